The molecular formula is C14H19N3O4. The Labute approximate surface area is 122 Å². The maximum atomic E-state index is 12.0. The van der Waals surface area contributed by atoms with Crippen molar-refractivity contribution in [2.24, 2.45) is 10.9 Å². The lowest BCUT2D eigenvalue weighted by atomic mass is 10.2. The van der Waals surface area contributed by atoms with Crippen molar-refractivity contribution in [1.82, 2.24) is 5.32 Å². The van der Waals surface area contributed by atoms with Crippen LogP contribution in [0, 0.1) is 0 Å². The number of fused-ring (bicyclic) bond motifs is 1. The van der Waals surface area contributed by atoms with Crippen LogP contribution < -0.4 is 20.5 Å². The molecule has 0 aliphatic carbocycles. The fourth-order valence-corrected chi connectivity index (χ4v) is 1.96. The largest absolute Gasteiger partial charge is 0.485 e. The van der Waals surface area contributed by atoms with E-state index in [1.165, 1.54) is 0 Å². The number of carbonyl (C=O) groups excluding carboxylic acids is 1. The van der Waals surface area contributed by atoms with Gasteiger partial charge in [0.1, 0.15) is 12.4 Å². The van der Waals surface area contributed by atoms with Crippen molar-refractivity contribution in [2.45, 2.75) is 25.4 Å². The number of oxime groups is 1. The first kappa shape index (κ1) is 15.0. The second-order valence-electron chi connectivity index (χ2n) is 4.70. The number of nitrogens with one attached hydrogen (secondary N) is 1. The molecule has 1 unspecified atom stereocenters. The zero-order valence-electron chi connectivity index (χ0n) is 11.6. The topological polar surface area (TPSA) is 106 Å². The van der Waals surface area contributed by atoms with Gasteiger partial charge in [-0.3, -0.25) is 4.79 Å². The van der Waals surface area contributed by atoms with Gasteiger partial charge in [-0.1, -0.05) is 17.3 Å². The fourth-order valence-electron chi connectivity index (χ4n) is 1.96. The number of hydrogen-bond acceptors (Lipinski definition) is 5. The summed E-state index contributed by atoms with van der Waals surface area (Å²) in [6.07, 6.45) is 1.35. The van der Waals surface area contributed by atoms with Crippen molar-refractivity contribution >= 4 is 11.7 Å². The van der Waals surface area contributed by atoms with E-state index in [1.807, 2.05) is 12.1 Å². The molecule has 1 aromatic carbocycles. The van der Waals surface area contributed by atoms with Gasteiger partial charge >= 0.3 is 0 Å². The molecule has 1 aliphatic rings. The summed E-state index contributed by atoms with van der Waals surface area (Å²) in [5, 5.41) is 14.1. The van der Waals surface area contributed by atoms with Crippen LogP contribution in [-0.4, -0.2) is 36.2 Å². The number of para-hydroxylation sites is 2. The Morgan fingerprint density at radius 2 is 2.14 bits per heavy atom. The summed E-state index contributed by atoms with van der Waals surface area (Å²) in [5.74, 6) is 1.23. The van der Waals surface area contributed by atoms with Crippen LogP contribution in [0.4, 0.5) is 0 Å². The molecular weight excluding hydrogens is 274 g/mol. The molecule has 0 spiro atoms. The first-order chi connectivity index (χ1) is 10.2. The molecule has 0 fully saturated rings. The molecule has 1 atom stereocenters. The van der Waals surface area contributed by atoms with Gasteiger partial charge in [0.2, 0.25) is 6.10 Å². The van der Waals surface area contributed by atoms with Crippen molar-refractivity contribution in [1.29, 1.82) is 0 Å². The van der Waals surface area contributed by atoms with E-state index in [2.05, 4.69) is 10.5 Å². The standard InChI is InChI=1S/C14H19N3O4/c15-13(17-19)7-3-4-8-16-14(18)12-9-20-10-5-1-2-6-11(10)21-12/h1-2,5-6,12,19H,3-4,7-9H2,(H2,15,17)(H,16,18). The second kappa shape index (κ2) is 7.37. The van der Waals surface area contributed by atoms with Crippen molar-refractivity contribution in [2.75, 3.05) is 13.2 Å². The van der Waals surface area contributed by atoms with Gasteiger partial charge in [-0.2, -0.15) is 0 Å². The molecule has 0 saturated carbocycles. The molecule has 1 amide bonds. The number of nitrogens with two attached hydrogens (primary N) is 1. The zero-order valence-corrected chi connectivity index (χ0v) is 11.6. The first-order valence-corrected chi connectivity index (χ1v) is 6.83. The number of unbranched alkanes of at least 4 members (excludes halogenated alkanes) is 1. The number of amides is 1. The van der Waals surface area contributed by atoms with Gasteiger partial charge in [-0.15, -0.1) is 0 Å². The smallest absolute Gasteiger partial charge is 0.264 e. The minimum atomic E-state index is -0.635. The number of hydrogen-bond donors (Lipinski definition) is 3. The Balaban J connectivity index is 1.70. The van der Waals surface area contributed by atoms with Crippen LogP contribution in [0.5, 0.6) is 11.5 Å². The van der Waals surface area contributed by atoms with E-state index in [0.29, 0.717) is 24.5 Å². The van der Waals surface area contributed by atoms with Crippen LogP contribution >= 0.6 is 0 Å². The van der Waals surface area contributed by atoms with E-state index in [0.717, 1.165) is 12.8 Å². The Morgan fingerprint density at radius 1 is 1.38 bits per heavy atom. The van der Waals surface area contributed by atoms with E-state index in [-0.39, 0.29) is 18.3 Å². The Kier molecular flexibility index (Phi) is 5.25. The minimum Gasteiger partial charge on any atom is -0.485 e. The highest BCUT2D eigenvalue weighted by Crippen LogP contribution is 2.30. The summed E-state index contributed by atoms with van der Waals surface area (Å²) in [6, 6.07) is 7.25. The summed E-state index contributed by atoms with van der Waals surface area (Å²) in [7, 11) is 0. The third-order valence-electron chi connectivity index (χ3n) is 3.09. The highest BCUT2D eigenvalue weighted by Gasteiger charge is 2.26. The lowest BCUT2D eigenvalue weighted by Gasteiger charge is -2.25. The molecule has 1 aliphatic heterocycles. The molecule has 0 saturated heterocycles. The van der Waals surface area contributed by atoms with Gasteiger partial charge in [-0.05, 0) is 25.0 Å². The maximum absolute atomic E-state index is 12.0. The van der Waals surface area contributed by atoms with Crippen molar-refractivity contribution in [3.8, 4) is 11.5 Å². The summed E-state index contributed by atoms with van der Waals surface area (Å²) in [4.78, 5) is 12.0. The molecule has 1 aromatic rings. The number of carbonyl (C=O) groups is 1. The van der Waals surface area contributed by atoms with E-state index in [1.54, 1.807) is 12.1 Å². The van der Waals surface area contributed by atoms with E-state index < -0.39 is 6.10 Å². The normalized spacial score (nSPS) is 17.3. The van der Waals surface area contributed by atoms with Crippen LogP contribution in [0.2, 0.25) is 0 Å². The van der Waals surface area contributed by atoms with Gasteiger partial charge < -0.3 is 25.7 Å². The van der Waals surface area contributed by atoms with Gasteiger partial charge in [0.05, 0.1) is 0 Å². The average molecular weight is 293 g/mol. The zero-order chi connectivity index (χ0) is 15.1. The quantitative estimate of drug-likeness (QED) is 0.237. The van der Waals surface area contributed by atoms with Crippen LogP contribution in [0.3, 0.4) is 0 Å². The molecule has 7 heteroatoms. The Bertz CT molecular complexity index is 519. The predicted molar refractivity (Wildman–Crippen MR) is 76.6 cm³/mol. The van der Waals surface area contributed by atoms with Crippen LogP contribution in [0.25, 0.3) is 0 Å². The summed E-state index contributed by atoms with van der Waals surface area (Å²) in [5.41, 5.74) is 5.35. The second-order valence-corrected chi connectivity index (χ2v) is 4.70. The summed E-state index contributed by atoms with van der Waals surface area (Å²) in [6.45, 7) is 0.714. The average Bonchev–Trinajstić information content (AvgIpc) is 2.53. The third kappa shape index (κ3) is 4.27. The molecule has 0 aromatic heterocycles. The van der Waals surface area contributed by atoms with Gasteiger partial charge in [0, 0.05) is 13.0 Å². The molecule has 0 bridgehead atoms. The number of nitrogens with zero attached hydrogens (tertiary/aromatic N) is 1. The molecule has 0 radical (unpaired) electrons. The number of ether oxygens (including phenoxy) is 2. The molecule has 114 valence electrons. The van der Waals surface area contributed by atoms with E-state index in [9.17, 15) is 4.79 Å². The highest BCUT2D eigenvalue weighted by atomic mass is 16.6. The molecule has 21 heavy (non-hydrogen) atoms. The molecule has 4 N–H and O–H groups in total. The summed E-state index contributed by atoms with van der Waals surface area (Å²) < 4.78 is 11.1. The molecule has 2 rings (SSSR count). The van der Waals surface area contributed by atoms with Crippen LogP contribution in [-0.2, 0) is 4.79 Å². The van der Waals surface area contributed by atoms with Crippen molar-refractivity contribution in [3.63, 3.8) is 0 Å². The monoisotopic (exact) mass is 293 g/mol. The minimum absolute atomic E-state index is 0.196. The molecule has 1 heterocycles. The highest BCUT2D eigenvalue weighted by molar-refractivity contribution is 5.81. The van der Waals surface area contributed by atoms with E-state index in [4.69, 9.17) is 20.4 Å². The van der Waals surface area contributed by atoms with Crippen LogP contribution in [0.15, 0.2) is 29.4 Å². The number of benzene rings is 1. The van der Waals surface area contributed by atoms with Crippen LogP contribution in [0.1, 0.15) is 19.3 Å². The Morgan fingerprint density at radius 3 is 2.90 bits per heavy atom. The predicted octanol–water partition coefficient (Wildman–Crippen LogP) is 0.859. The van der Waals surface area contributed by atoms with Crippen molar-refractivity contribution < 1.29 is 19.5 Å². The summed E-state index contributed by atoms with van der Waals surface area (Å²) >= 11 is 0. The lowest BCUT2D eigenvalue weighted by molar-refractivity contribution is -0.130. The lowest BCUT2D eigenvalue weighted by Crippen LogP contribution is -2.44. The number of rotatable bonds is 6. The van der Waals surface area contributed by atoms with Crippen molar-refractivity contribution in [3.05, 3.63) is 24.3 Å². The first-order valence-electron chi connectivity index (χ1n) is 6.83. The Hall–Kier alpha value is -2.44. The molecule has 7 nitrogen and oxygen atoms in total. The third-order valence-corrected chi connectivity index (χ3v) is 3.09. The fraction of sp³-hybridized carbons (Fsp3) is 0.429. The van der Waals surface area contributed by atoms with Gasteiger partial charge in [0.15, 0.2) is 11.5 Å². The van der Waals surface area contributed by atoms with Gasteiger partial charge in [-0.25, -0.2) is 0 Å². The SMILES string of the molecule is NC(CCCCNC(=O)C1COc2ccccc2O1)=NO. The number of amidine groups is 1. The van der Waals surface area contributed by atoms with E-state index >= 15 is 0 Å². The maximum Gasteiger partial charge on any atom is 0.264 e. The van der Waals surface area contributed by atoms with Gasteiger partial charge in [0.25, 0.3) is 5.91 Å².